The quantitative estimate of drug-likeness (QED) is 0.556. The number of carbonyl (C=O) groups excluding carboxylic acids is 1. The molecule has 15 heavy (non-hydrogen) atoms. The van der Waals surface area contributed by atoms with Crippen molar-refractivity contribution in [2.45, 2.75) is 38.7 Å². The lowest BCUT2D eigenvalue weighted by Crippen LogP contribution is -2.31. The third-order valence-electron chi connectivity index (χ3n) is 2.93. The lowest BCUT2D eigenvalue weighted by molar-refractivity contribution is -0.120. The Morgan fingerprint density at radius 3 is 2.87 bits per heavy atom. The molecule has 0 bridgehead atoms. The van der Waals surface area contributed by atoms with Crippen LogP contribution in [0.3, 0.4) is 0 Å². The predicted octanol–water partition coefficient (Wildman–Crippen LogP) is 0.263. The average molecular weight is 214 g/mol. The minimum Gasteiger partial charge on any atom is -0.393 e. The van der Waals surface area contributed by atoms with E-state index < -0.39 is 0 Å². The molecule has 88 valence electrons. The maximum absolute atomic E-state index is 11.1. The van der Waals surface area contributed by atoms with Crippen molar-refractivity contribution in [2.24, 2.45) is 5.92 Å². The molecule has 2 atom stereocenters. The van der Waals surface area contributed by atoms with Crippen LogP contribution in [0.4, 0.5) is 0 Å². The summed E-state index contributed by atoms with van der Waals surface area (Å²) in [5.41, 5.74) is 0. The van der Waals surface area contributed by atoms with Crippen LogP contribution in [0.1, 0.15) is 32.6 Å². The zero-order valence-corrected chi connectivity index (χ0v) is 9.46. The van der Waals surface area contributed by atoms with Crippen LogP contribution >= 0.6 is 0 Å². The van der Waals surface area contributed by atoms with Gasteiger partial charge in [0.05, 0.1) is 6.10 Å². The van der Waals surface area contributed by atoms with Gasteiger partial charge in [-0.2, -0.15) is 0 Å². The molecule has 0 heterocycles. The molecule has 4 nitrogen and oxygen atoms in total. The summed E-state index contributed by atoms with van der Waals surface area (Å²) in [5, 5.41) is 15.5. The Balaban J connectivity index is 1.99. The molecule has 1 fully saturated rings. The SMILES string of the molecule is CCNC(=O)CCNCC1CCCC1O. The molecular weight excluding hydrogens is 192 g/mol. The summed E-state index contributed by atoms with van der Waals surface area (Å²) in [6.07, 6.45) is 3.56. The first-order chi connectivity index (χ1) is 7.24. The molecular formula is C11H22N2O2. The van der Waals surface area contributed by atoms with E-state index in [0.29, 0.717) is 25.4 Å². The second-order valence-electron chi connectivity index (χ2n) is 4.17. The van der Waals surface area contributed by atoms with Gasteiger partial charge in [-0.15, -0.1) is 0 Å². The van der Waals surface area contributed by atoms with Crippen LogP contribution < -0.4 is 10.6 Å². The number of rotatable bonds is 6. The Morgan fingerprint density at radius 1 is 1.47 bits per heavy atom. The normalized spacial score (nSPS) is 25.5. The maximum Gasteiger partial charge on any atom is 0.221 e. The number of aliphatic hydroxyl groups excluding tert-OH is 1. The number of nitrogens with one attached hydrogen (secondary N) is 2. The Hall–Kier alpha value is -0.610. The highest BCUT2D eigenvalue weighted by Gasteiger charge is 2.24. The van der Waals surface area contributed by atoms with Crippen molar-refractivity contribution >= 4 is 5.91 Å². The predicted molar refractivity (Wildman–Crippen MR) is 59.5 cm³/mol. The van der Waals surface area contributed by atoms with Crippen LogP contribution in [0, 0.1) is 5.92 Å². The van der Waals surface area contributed by atoms with E-state index in [1.807, 2.05) is 6.92 Å². The molecule has 0 spiro atoms. The first kappa shape index (κ1) is 12.5. The van der Waals surface area contributed by atoms with E-state index in [-0.39, 0.29) is 12.0 Å². The van der Waals surface area contributed by atoms with E-state index in [1.165, 1.54) is 0 Å². The summed E-state index contributed by atoms with van der Waals surface area (Å²) in [5.74, 6) is 0.483. The van der Waals surface area contributed by atoms with Gasteiger partial charge < -0.3 is 15.7 Å². The zero-order chi connectivity index (χ0) is 11.1. The number of aliphatic hydroxyl groups is 1. The van der Waals surface area contributed by atoms with E-state index in [1.54, 1.807) is 0 Å². The molecule has 0 radical (unpaired) electrons. The van der Waals surface area contributed by atoms with E-state index in [4.69, 9.17) is 0 Å². The molecule has 0 aromatic rings. The average Bonchev–Trinajstić information content (AvgIpc) is 2.60. The van der Waals surface area contributed by atoms with Crippen molar-refractivity contribution in [1.29, 1.82) is 0 Å². The molecule has 3 N–H and O–H groups in total. The minimum atomic E-state index is -0.137. The van der Waals surface area contributed by atoms with Crippen LogP contribution in [0.5, 0.6) is 0 Å². The first-order valence-corrected chi connectivity index (χ1v) is 5.89. The fourth-order valence-electron chi connectivity index (χ4n) is 2.03. The number of amides is 1. The first-order valence-electron chi connectivity index (χ1n) is 5.89. The van der Waals surface area contributed by atoms with Gasteiger partial charge in [0.25, 0.3) is 0 Å². The van der Waals surface area contributed by atoms with Gasteiger partial charge in [-0.25, -0.2) is 0 Å². The zero-order valence-electron chi connectivity index (χ0n) is 9.46. The van der Waals surface area contributed by atoms with Gasteiger partial charge in [-0.1, -0.05) is 6.42 Å². The largest absolute Gasteiger partial charge is 0.393 e. The molecule has 1 aliphatic rings. The molecule has 0 aliphatic heterocycles. The van der Waals surface area contributed by atoms with Crippen molar-refractivity contribution < 1.29 is 9.90 Å². The molecule has 1 rings (SSSR count). The fourth-order valence-corrected chi connectivity index (χ4v) is 2.03. The minimum absolute atomic E-state index is 0.0944. The molecule has 0 aromatic heterocycles. The molecule has 1 saturated carbocycles. The molecule has 4 heteroatoms. The van der Waals surface area contributed by atoms with Gasteiger partial charge in [0, 0.05) is 26.1 Å². The highest BCUT2D eigenvalue weighted by atomic mass is 16.3. The summed E-state index contributed by atoms with van der Waals surface area (Å²) < 4.78 is 0. The van der Waals surface area contributed by atoms with Crippen molar-refractivity contribution in [1.82, 2.24) is 10.6 Å². The second kappa shape index (κ2) is 6.80. The summed E-state index contributed by atoms with van der Waals surface area (Å²) in [7, 11) is 0. The Labute approximate surface area is 91.4 Å². The third-order valence-corrected chi connectivity index (χ3v) is 2.93. The van der Waals surface area contributed by atoms with Gasteiger partial charge in [-0.3, -0.25) is 4.79 Å². The molecule has 0 aromatic carbocycles. The van der Waals surface area contributed by atoms with Crippen LogP contribution in [-0.2, 0) is 4.79 Å². The Bertz CT molecular complexity index is 197. The second-order valence-corrected chi connectivity index (χ2v) is 4.17. The third kappa shape index (κ3) is 4.62. The van der Waals surface area contributed by atoms with Crippen LogP contribution in [-0.4, -0.2) is 36.8 Å². The monoisotopic (exact) mass is 214 g/mol. The fraction of sp³-hybridized carbons (Fsp3) is 0.909. The van der Waals surface area contributed by atoms with Crippen molar-refractivity contribution in [3.63, 3.8) is 0 Å². The summed E-state index contributed by atoms with van der Waals surface area (Å²) in [6.45, 7) is 4.15. The number of hydrogen-bond donors (Lipinski definition) is 3. The Morgan fingerprint density at radius 2 is 2.27 bits per heavy atom. The van der Waals surface area contributed by atoms with Gasteiger partial charge in [0.1, 0.15) is 0 Å². The summed E-state index contributed by atoms with van der Waals surface area (Å²) in [4.78, 5) is 11.1. The van der Waals surface area contributed by atoms with Gasteiger partial charge in [0.2, 0.25) is 5.91 Å². The standard InChI is InChI=1S/C11H22N2O2/c1-2-13-11(15)6-7-12-8-9-4-3-5-10(9)14/h9-10,12,14H,2-8H2,1H3,(H,13,15). The molecule has 2 unspecified atom stereocenters. The summed E-state index contributed by atoms with van der Waals surface area (Å²) in [6, 6.07) is 0. The topological polar surface area (TPSA) is 61.4 Å². The smallest absolute Gasteiger partial charge is 0.221 e. The molecule has 0 saturated heterocycles. The lowest BCUT2D eigenvalue weighted by Gasteiger charge is -2.14. The van der Waals surface area contributed by atoms with E-state index in [0.717, 1.165) is 25.8 Å². The number of hydrogen-bond acceptors (Lipinski definition) is 3. The van der Waals surface area contributed by atoms with Crippen molar-refractivity contribution in [2.75, 3.05) is 19.6 Å². The van der Waals surface area contributed by atoms with E-state index >= 15 is 0 Å². The molecule has 1 amide bonds. The lowest BCUT2D eigenvalue weighted by atomic mass is 10.1. The maximum atomic E-state index is 11.1. The van der Waals surface area contributed by atoms with E-state index in [9.17, 15) is 9.90 Å². The Kier molecular flexibility index (Phi) is 5.65. The van der Waals surface area contributed by atoms with Crippen molar-refractivity contribution in [3.05, 3.63) is 0 Å². The highest BCUT2D eigenvalue weighted by Crippen LogP contribution is 2.24. The van der Waals surface area contributed by atoms with E-state index in [2.05, 4.69) is 10.6 Å². The van der Waals surface area contributed by atoms with Crippen molar-refractivity contribution in [3.8, 4) is 0 Å². The number of carbonyl (C=O) groups is 1. The summed E-state index contributed by atoms with van der Waals surface area (Å²) >= 11 is 0. The highest BCUT2D eigenvalue weighted by molar-refractivity contribution is 5.75. The molecule has 1 aliphatic carbocycles. The van der Waals surface area contributed by atoms with Gasteiger partial charge in [0.15, 0.2) is 0 Å². The van der Waals surface area contributed by atoms with Gasteiger partial charge >= 0.3 is 0 Å². The van der Waals surface area contributed by atoms with Crippen LogP contribution in [0.25, 0.3) is 0 Å². The van der Waals surface area contributed by atoms with Crippen LogP contribution in [0.2, 0.25) is 0 Å². The van der Waals surface area contributed by atoms with Crippen LogP contribution in [0.15, 0.2) is 0 Å². The van der Waals surface area contributed by atoms with Gasteiger partial charge in [-0.05, 0) is 25.7 Å².